The fraction of sp³-hybridized carbons (Fsp3) is 0.455. The molecule has 4 heteroatoms. The van der Waals surface area contributed by atoms with Crippen LogP contribution in [0.4, 0.5) is 0 Å². The summed E-state index contributed by atoms with van der Waals surface area (Å²) in [7, 11) is 4.73. The van der Waals surface area contributed by atoms with Crippen LogP contribution >= 0.6 is 0 Å². The van der Waals surface area contributed by atoms with Crippen molar-refractivity contribution >= 4 is 0 Å². The lowest BCUT2D eigenvalue weighted by atomic mass is 10.1. The number of rotatable bonds is 5. The van der Waals surface area contributed by atoms with E-state index in [0.29, 0.717) is 0 Å². The Hall–Kier alpha value is -1.10. The molecule has 0 heterocycles. The molecule has 1 atom stereocenters. The van der Waals surface area contributed by atoms with Crippen molar-refractivity contribution in [3.05, 3.63) is 29.8 Å². The van der Waals surface area contributed by atoms with Crippen LogP contribution in [0.1, 0.15) is 11.6 Å². The molecule has 1 aromatic carbocycles. The predicted molar refractivity (Wildman–Crippen MR) is 57.7 cm³/mol. The summed E-state index contributed by atoms with van der Waals surface area (Å²) < 4.78 is 15.4. The van der Waals surface area contributed by atoms with E-state index in [1.165, 1.54) is 0 Å². The van der Waals surface area contributed by atoms with Crippen LogP contribution < -0.4 is 10.5 Å². The van der Waals surface area contributed by atoms with Crippen molar-refractivity contribution in [1.29, 1.82) is 0 Å². The highest BCUT2D eigenvalue weighted by molar-refractivity contribution is 5.35. The fourth-order valence-electron chi connectivity index (χ4n) is 1.48. The summed E-state index contributed by atoms with van der Waals surface area (Å²) in [5, 5.41) is 0. The van der Waals surface area contributed by atoms with Crippen molar-refractivity contribution in [2.45, 2.75) is 12.3 Å². The van der Waals surface area contributed by atoms with Gasteiger partial charge in [0, 0.05) is 19.8 Å². The van der Waals surface area contributed by atoms with E-state index in [0.717, 1.165) is 11.3 Å². The van der Waals surface area contributed by atoms with Crippen LogP contribution in [0.3, 0.4) is 0 Å². The monoisotopic (exact) mass is 211 g/mol. The Balaban J connectivity index is 2.93. The van der Waals surface area contributed by atoms with Gasteiger partial charge in [-0.3, -0.25) is 0 Å². The van der Waals surface area contributed by atoms with Crippen LogP contribution in [0.5, 0.6) is 5.75 Å². The zero-order valence-corrected chi connectivity index (χ0v) is 9.27. The molecule has 15 heavy (non-hydrogen) atoms. The number of methoxy groups -OCH3 is 3. The maximum absolute atomic E-state index is 6.01. The van der Waals surface area contributed by atoms with E-state index in [1.807, 2.05) is 24.3 Å². The molecule has 1 unspecified atom stereocenters. The van der Waals surface area contributed by atoms with E-state index < -0.39 is 6.29 Å². The van der Waals surface area contributed by atoms with Gasteiger partial charge in [0.1, 0.15) is 5.75 Å². The molecule has 0 saturated carbocycles. The number of benzene rings is 1. The maximum Gasteiger partial charge on any atom is 0.176 e. The number of hydrogen-bond donors (Lipinski definition) is 1. The molecule has 0 spiro atoms. The molecule has 0 aliphatic heterocycles. The lowest BCUT2D eigenvalue weighted by Gasteiger charge is -2.22. The lowest BCUT2D eigenvalue weighted by Crippen LogP contribution is -2.29. The second-order valence-corrected chi connectivity index (χ2v) is 3.11. The Morgan fingerprint density at radius 3 is 2.20 bits per heavy atom. The first-order valence-corrected chi connectivity index (χ1v) is 4.68. The van der Waals surface area contributed by atoms with Crippen molar-refractivity contribution in [3.8, 4) is 5.75 Å². The van der Waals surface area contributed by atoms with Gasteiger partial charge < -0.3 is 19.9 Å². The largest absolute Gasteiger partial charge is 0.496 e. The van der Waals surface area contributed by atoms with E-state index in [2.05, 4.69) is 0 Å². The van der Waals surface area contributed by atoms with E-state index >= 15 is 0 Å². The SMILES string of the molecule is COc1ccccc1C(N)C(OC)OC. The molecule has 4 nitrogen and oxygen atoms in total. The van der Waals surface area contributed by atoms with Gasteiger partial charge in [-0.1, -0.05) is 18.2 Å². The molecular formula is C11H17NO3. The van der Waals surface area contributed by atoms with E-state index in [-0.39, 0.29) is 6.04 Å². The molecule has 0 aliphatic rings. The summed E-state index contributed by atoms with van der Waals surface area (Å²) in [5.74, 6) is 0.740. The third-order valence-corrected chi connectivity index (χ3v) is 2.26. The fourth-order valence-corrected chi connectivity index (χ4v) is 1.48. The van der Waals surface area contributed by atoms with Crippen LogP contribution in [0, 0.1) is 0 Å². The van der Waals surface area contributed by atoms with Crippen LogP contribution in [-0.2, 0) is 9.47 Å². The maximum atomic E-state index is 6.01. The lowest BCUT2D eigenvalue weighted by molar-refractivity contribution is -0.117. The molecular weight excluding hydrogens is 194 g/mol. The van der Waals surface area contributed by atoms with E-state index in [4.69, 9.17) is 19.9 Å². The zero-order valence-electron chi connectivity index (χ0n) is 9.27. The molecule has 0 amide bonds. The second-order valence-electron chi connectivity index (χ2n) is 3.11. The molecule has 84 valence electrons. The van der Waals surface area contributed by atoms with Crippen molar-refractivity contribution in [2.24, 2.45) is 5.73 Å². The van der Waals surface area contributed by atoms with Crippen molar-refractivity contribution in [1.82, 2.24) is 0 Å². The number of para-hydroxylation sites is 1. The Morgan fingerprint density at radius 1 is 1.07 bits per heavy atom. The predicted octanol–water partition coefficient (Wildman–Crippen LogP) is 1.31. The molecule has 0 aromatic heterocycles. The normalized spacial score (nSPS) is 12.9. The highest BCUT2D eigenvalue weighted by atomic mass is 16.7. The van der Waals surface area contributed by atoms with Gasteiger partial charge in [0.25, 0.3) is 0 Å². The number of nitrogens with two attached hydrogens (primary N) is 1. The Labute approximate surface area is 89.9 Å². The topological polar surface area (TPSA) is 53.7 Å². The molecule has 0 saturated heterocycles. The third kappa shape index (κ3) is 2.68. The number of hydrogen-bond acceptors (Lipinski definition) is 4. The number of ether oxygens (including phenoxy) is 3. The molecule has 0 bridgehead atoms. The molecule has 0 fully saturated rings. The van der Waals surface area contributed by atoms with E-state index in [1.54, 1.807) is 21.3 Å². The molecule has 2 N–H and O–H groups in total. The minimum Gasteiger partial charge on any atom is -0.496 e. The third-order valence-electron chi connectivity index (χ3n) is 2.26. The van der Waals surface area contributed by atoms with Gasteiger partial charge in [-0.05, 0) is 6.07 Å². The minimum absolute atomic E-state index is 0.365. The van der Waals surface area contributed by atoms with E-state index in [9.17, 15) is 0 Å². The summed E-state index contributed by atoms with van der Waals surface area (Å²) in [6, 6.07) is 7.19. The first kappa shape index (κ1) is 12.0. The van der Waals surface area contributed by atoms with Gasteiger partial charge in [-0.15, -0.1) is 0 Å². The van der Waals surface area contributed by atoms with Gasteiger partial charge in [0.05, 0.1) is 13.2 Å². The van der Waals surface area contributed by atoms with Crippen molar-refractivity contribution in [2.75, 3.05) is 21.3 Å². The first-order valence-electron chi connectivity index (χ1n) is 4.68. The standard InChI is InChI=1S/C11H17NO3/c1-13-9-7-5-4-6-8(9)10(12)11(14-2)15-3/h4-7,10-11H,12H2,1-3H3. The average molecular weight is 211 g/mol. The molecule has 1 rings (SSSR count). The Bertz CT molecular complexity index is 300. The van der Waals surface area contributed by atoms with Gasteiger partial charge in [-0.25, -0.2) is 0 Å². The van der Waals surface area contributed by atoms with Gasteiger partial charge >= 0.3 is 0 Å². The summed E-state index contributed by atoms with van der Waals surface area (Å²) in [5.41, 5.74) is 6.88. The zero-order chi connectivity index (χ0) is 11.3. The summed E-state index contributed by atoms with van der Waals surface area (Å²) >= 11 is 0. The van der Waals surface area contributed by atoms with Gasteiger partial charge in [-0.2, -0.15) is 0 Å². The summed E-state index contributed by atoms with van der Waals surface area (Å²) in [6.07, 6.45) is -0.471. The van der Waals surface area contributed by atoms with Crippen LogP contribution in [0.2, 0.25) is 0 Å². The van der Waals surface area contributed by atoms with Crippen LogP contribution in [0.15, 0.2) is 24.3 Å². The molecule has 0 aliphatic carbocycles. The summed E-state index contributed by atoms with van der Waals surface area (Å²) in [6.45, 7) is 0. The van der Waals surface area contributed by atoms with Gasteiger partial charge in [0.15, 0.2) is 6.29 Å². The molecule has 0 radical (unpaired) electrons. The quantitative estimate of drug-likeness (QED) is 0.746. The second kappa shape index (κ2) is 5.70. The highest BCUT2D eigenvalue weighted by Crippen LogP contribution is 2.26. The van der Waals surface area contributed by atoms with Crippen LogP contribution in [0.25, 0.3) is 0 Å². The smallest absolute Gasteiger partial charge is 0.176 e. The summed E-state index contributed by atoms with van der Waals surface area (Å²) in [4.78, 5) is 0. The highest BCUT2D eigenvalue weighted by Gasteiger charge is 2.21. The average Bonchev–Trinajstić information content (AvgIpc) is 2.30. The van der Waals surface area contributed by atoms with Gasteiger partial charge in [0.2, 0.25) is 0 Å². The Morgan fingerprint density at radius 2 is 1.67 bits per heavy atom. The van der Waals surface area contributed by atoms with Crippen molar-refractivity contribution < 1.29 is 14.2 Å². The minimum atomic E-state index is -0.471. The Kier molecular flexibility index (Phi) is 4.55. The molecule has 1 aromatic rings. The first-order chi connectivity index (χ1) is 7.24. The van der Waals surface area contributed by atoms with Crippen LogP contribution in [-0.4, -0.2) is 27.6 Å². The van der Waals surface area contributed by atoms with Crippen molar-refractivity contribution in [3.63, 3.8) is 0 Å².